The van der Waals surface area contributed by atoms with E-state index < -0.39 is 6.04 Å². The number of nitrogens with two attached hydrogens (primary N) is 1. The lowest BCUT2D eigenvalue weighted by Crippen LogP contribution is -2.45. The maximum absolute atomic E-state index is 11.8. The van der Waals surface area contributed by atoms with Crippen LogP contribution in [0.25, 0.3) is 0 Å². The van der Waals surface area contributed by atoms with Crippen molar-refractivity contribution in [3.63, 3.8) is 0 Å². The average Bonchev–Trinajstić information content (AvgIpc) is 2.49. The Morgan fingerprint density at radius 2 is 2.05 bits per heavy atom. The molecule has 0 aliphatic carbocycles. The van der Waals surface area contributed by atoms with E-state index >= 15 is 0 Å². The van der Waals surface area contributed by atoms with Gasteiger partial charge in [0.05, 0.1) is 12.6 Å². The zero-order valence-corrected chi connectivity index (χ0v) is 14.5. The predicted molar refractivity (Wildman–Crippen MR) is 91.4 cm³/mol. The van der Waals surface area contributed by atoms with Crippen molar-refractivity contribution in [2.24, 2.45) is 5.73 Å². The Bertz CT molecular complexity index is 446. The van der Waals surface area contributed by atoms with Gasteiger partial charge in [-0.25, -0.2) is 0 Å². The van der Waals surface area contributed by atoms with E-state index in [1.807, 2.05) is 25.1 Å². The van der Waals surface area contributed by atoms with Gasteiger partial charge in [0.15, 0.2) is 0 Å². The minimum absolute atomic E-state index is 0. The lowest BCUT2D eigenvalue weighted by Gasteiger charge is -2.18. The summed E-state index contributed by atoms with van der Waals surface area (Å²) in [5.74, 6) is -0.434. The SMILES string of the molecule is CC[C@H](N)C(=O)NCC(=O)N(C)CCc1ccccn1.Cl.Cl. The van der Waals surface area contributed by atoms with Gasteiger partial charge in [-0.1, -0.05) is 13.0 Å². The molecule has 0 aliphatic heterocycles. The Morgan fingerprint density at radius 3 is 2.59 bits per heavy atom. The van der Waals surface area contributed by atoms with Gasteiger partial charge in [0.25, 0.3) is 0 Å². The van der Waals surface area contributed by atoms with Crippen molar-refractivity contribution in [1.29, 1.82) is 0 Å². The molecule has 0 spiro atoms. The molecule has 1 rings (SSSR count). The third-order valence-corrected chi connectivity index (χ3v) is 3.05. The minimum atomic E-state index is -0.554. The van der Waals surface area contributed by atoms with E-state index in [4.69, 9.17) is 5.73 Å². The molecular formula is C14H24Cl2N4O2. The van der Waals surface area contributed by atoms with Crippen LogP contribution in [0.2, 0.25) is 0 Å². The highest BCUT2D eigenvalue weighted by Crippen LogP contribution is 1.96. The average molecular weight is 351 g/mol. The van der Waals surface area contributed by atoms with Gasteiger partial charge in [-0.3, -0.25) is 14.6 Å². The van der Waals surface area contributed by atoms with Crippen LogP contribution in [0.15, 0.2) is 24.4 Å². The van der Waals surface area contributed by atoms with Crippen molar-refractivity contribution in [3.8, 4) is 0 Å². The number of hydrogen-bond acceptors (Lipinski definition) is 4. The molecular weight excluding hydrogens is 327 g/mol. The number of likely N-dealkylation sites (N-methyl/N-ethyl adjacent to an activating group) is 1. The van der Waals surface area contributed by atoms with Gasteiger partial charge < -0.3 is 16.0 Å². The number of carbonyl (C=O) groups is 2. The van der Waals surface area contributed by atoms with Crippen LogP contribution in [-0.2, 0) is 16.0 Å². The molecule has 22 heavy (non-hydrogen) atoms. The first kappa shape index (κ1) is 22.9. The van der Waals surface area contributed by atoms with Crippen LogP contribution >= 0.6 is 24.8 Å². The van der Waals surface area contributed by atoms with E-state index in [9.17, 15) is 9.59 Å². The van der Waals surface area contributed by atoms with Crippen molar-refractivity contribution >= 4 is 36.6 Å². The van der Waals surface area contributed by atoms with Gasteiger partial charge in [0.1, 0.15) is 0 Å². The molecule has 126 valence electrons. The first-order chi connectivity index (χ1) is 9.54. The summed E-state index contributed by atoms with van der Waals surface area (Å²) in [6, 6.07) is 5.13. The summed E-state index contributed by atoms with van der Waals surface area (Å²) in [7, 11) is 1.71. The highest BCUT2D eigenvalue weighted by molar-refractivity contribution is 5.87. The summed E-state index contributed by atoms with van der Waals surface area (Å²) in [6.45, 7) is 2.36. The molecule has 3 N–H and O–H groups in total. The molecule has 1 atom stereocenters. The predicted octanol–water partition coefficient (Wildman–Crippen LogP) is 0.780. The summed E-state index contributed by atoms with van der Waals surface area (Å²) in [5.41, 5.74) is 6.50. The smallest absolute Gasteiger partial charge is 0.241 e. The van der Waals surface area contributed by atoms with Crippen molar-refractivity contribution < 1.29 is 9.59 Å². The van der Waals surface area contributed by atoms with Crippen molar-refractivity contribution in [1.82, 2.24) is 15.2 Å². The number of hydrogen-bond donors (Lipinski definition) is 2. The fraction of sp³-hybridized carbons (Fsp3) is 0.500. The normalized spacial score (nSPS) is 10.7. The van der Waals surface area contributed by atoms with Crippen molar-refractivity contribution in [3.05, 3.63) is 30.1 Å². The number of aromatic nitrogens is 1. The number of nitrogens with one attached hydrogen (secondary N) is 1. The summed E-state index contributed by atoms with van der Waals surface area (Å²) in [4.78, 5) is 29.1. The largest absolute Gasteiger partial charge is 0.346 e. The fourth-order valence-electron chi connectivity index (χ4n) is 1.57. The molecule has 1 aromatic rings. The van der Waals surface area contributed by atoms with Crippen LogP contribution < -0.4 is 11.1 Å². The molecule has 8 heteroatoms. The lowest BCUT2D eigenvalue weighted by atomic mass is 10.2. The highest BCUT2D eigenvalue weighted by atomic mass is 35.5. The van der Waals surface area contributed by atoms with Gasteiger partial charge >= 0.3 is 0 Å². The third kappa shape index (κ3) is 8.17. The van der Waals surface area contributed by atoms with E-state index in [1.54, 1.807) is 18.1 Å². The van der Waals surface area contributed by atoms with Gasteiger partial charge in [-0.2, -0.15) is 0 Å². The second kappa shape index (κ2) is 12.2. The fourth-order valence-corrected chi connectivity index (χ4v) is 1.57. The second-order valence-corrected chi connectivity index (χ2v) is 4.62. The van der Waals surface area contributed by atoms with E-state index in [0.717, 1.165) is 5.69 Å². The molecule has 0 saturated carbocycles. The number of halogens is 2. The van der Waals surface area contributed by atoms with Crippen LogP contribution in [0.5, 0.6) is 0 Å². The highest BCUT2D eigenvalue weighted by Gasteiger charge is 2.14. The van der Waals surface area contributed by atoms with Gasteiger partial charge in [-0.05, 0) is 18.6 Å². The molecule has 2 amide bonds. The number of pyridine rings is 1. The number of amides is 2. The first-order valence-corrected chi connectivity index (χ1v) is 6.71. The van der Waals surface area contributed by atoms with Crippen molar-refractivity contribution in [2.75, 3.05) is 20.1 Å². The number of rotatable bonds is 7. The molecule has 0 aliphatic rings. The van der Waals surface area contributed by atoms with E-state index in [1.165, 1.54) is 0 Å². The maximum atomic E-state index is 11.8. The van der Waals surface area contributed by atoms with Gasteiger partial charge in [0.2, 0.25) is 11.8 Å². The molecule has 0 radical (unpaired) electrons. The van der Waals surface area contributed by atoms with Crippen LogP contribution in [0, 0.1) is 0 Å². The number of carbonyl (C=O) groups excluding carboxylic acids is 2. The Labute approximate surface area is 143 Å². The van der Waals surface area contributed by atoms with Crippen LogP contribution in [0.1, 0.15) is 19.0 Å². The molecule has 0 unspecified atom stereocenters. The van der Waals surface area contributed by atoms with E-state index in [0.29, 0.717) is 19.4 Å². The zero-order chi connectivity index (χ0) is 15.0. The third-order valence-electron chi connectivity index (χ3n) is 3.05. The van der Waals surface area contributed by atoms with Crippen LogP contribution in [0.3, 0.4) is 0 Å². The quantitative estimate of drug-likeness (QED) is 0.760. The Hall–Kier alpha value is -1.37. The topological polar surface area (TPSA) is 88.3 Å². The molecule has 1 aromatic heterocycles. The molecule has 0 aromatic carbocycles. The molecule has 0 fully saturated rings. The van der Waals surface area contributed by atoms with Gasteiger partial charge in [0, 0.05) is 31.9 Å². The monoisotopic (exact) mass is 350 g/mol. The summed E-state index contributed by atoms with van der Waals surface area (Å²) >= 11 is 0. The molecule has 0 bridgehead atoms. The summed E-state index contributed by atoms with van der Waals surface area (Å²) in [6.07, 6.45) is 2.96. The maximum Gasteiger partial charge on any atom is 0.241 e. The van der Waals surface area contributed by atoms with Crippen molar-refractivity contribution in [2.45, 2.75) is 25.8 Å². The van der Waals surface area contributed by atoms with E-state index in [-0.39, 0.29) is 43.2 Å². The van der Waals surface area contributed by atoms with E-state index in [2.05, 4.69) is 10.3 Å². The standard InChI is InChI=1S/C14H22N4O2.2ClH/c1-3-12(15)14(20)17-10-13(19)18(2)9-7-11-6-4-5-8-16-11;;/h4-6,8,12H,3,7,9-10,15H2,1-2H3,(H,17,20);2*1H/t12-;;/m0../s1. The van der Waals surface area contributed by atoms with Crippen LogP contribution in [-0.4, -0.2) is 47.9 Å². The lowest BCUT2D eigenvalue weighted by molar-refractivity contribution is -0.132. The molecule has 6 nitrogen and oxygen atoms in total. The first-order valence-electron chi connectivity index (χ1n) is 6.71. The Morgan fingerprint density at radius 1 is 1.36 bits per heavy atom. The van der Waals surface area contributed by atoms with Crippen LogP contribution in [0.4, 0.5) is 0 Å². The Kier molecular flexibility index (Phi) is 12.7. The second-order valence-electron chi connectivity index (χ2n) is 4.62. The summed E-state index contributed by atoms with van der Waals surface area (Å²) < 4.78 is 0. The van der Waals surface area contributed by atoms with Gasteiger partial charge in [-0.15, -0.1) is 24.8 Å². The summed E-state index contributed by atoms with van der Waals surface area (Å²) in [5, 5.41) is 2.54. The Balaban J connectivity index is 0. The molecule has 1 heterocycles. The molecule has 0 saturated heterocycles. The minimum Gasteiger partial charge on any atom is -0.346 e. The zero-order valence-electron chi connectivity index (χ0n) is 12.8. The number of nitrogens with zero attached hydrogens (tertiary/aromatic N) is 2.